The summed E-state index contributed by atoms with van der Waals surface area (Å²) >= 11 is 0. The molecule has 2 atom stereocenters. The van der Waals surface area contributed by atoms with Gasteiger partial charge in [0, 0.05) is 6.54 Å². The number of amides is 2. The summed E-state index contributed by atoms with van der Waals surface area (Å²) in [4.78, 5) is 36.6. The Balaban J connectivity index is 2.95. The average Bonchev–Trinajstić information content (AvgIpc) is 2.78. The first-order chi connectivity index (χ1) is 9.24. The summed E-state index contributed by atoms with van der Waals surface area (Å²) in [5, 5.41) is 11.8. The molecule has 2 amide bonds. The van der Waals surface area contributed by atoms with Crippen LogP contribution in [0.2, 0.25) is 0 Å². The number of nitrogens with one attached hydrogen (secondary N) is 1. The number of carboxylic acids is 1. The number of carbonyl (C=O) groups excluding carboxylic acids is 2. The second-order valence-electron chi connectivity index (χ2n) is 5.53. The van der Waals surface area contributed by atoms with Gasteiger partial charge < -0.3 is 20.1 Å². The molecule has 1 heterocycles. The number of likely N-dealkylation sites (tertiary alicyclic amines) is 1. The third kappa shape index (κ3) is 3.02. The van der Waals surface area contributed by atoms with Crippen LogP contribution in [0.3, 0.4) is 0 Å². The fourth-order valence-electron chi connectivity index (χ4n) is 2.41. The lowest BCUT2D eigenvalue weighted by molar-refractivity contribution is -0.156. The van der Waals surface area contributed by atoms with Gasteiger partial charge in [-0.2, -0.15) is 0 Å². The van der Waals surface area contributed by atoms with Crippen LogP contribution in [0.4, 0.5) is 4.79 Å². The molecule has 0 saturated carbocycles. The van der Waals surface area contributed by atoms with E-state index in [9.17, 15) is 19.5 Å². The van der Waals surface area contributed by atoms with E-state index in [0.29, 0.717) is 19.4 Å². The Kier molecular flexibility index (Phi) is 4.97. The lowest BCUT2D eigenvalue weighted by Gasteiger charge is -2.35. The summed E-state index contributed by atoms with van der Waals surface area (Å²) in [5.41, 5.74) is -1.21. The first kappa shape index (κ1) is 16.3. The Bertz CT molecular complexity index is 410. The largest absolute Gasteiger partial charge is 0.480 e. The van der Waals surface area contributed by atoms with Crippen LogP contribution in [0, 0.1) is 5.92 Å². The number of hydrogen-bond acceptors (Lipinski definition) is 4. The van der Waals surface area contributed by atoms with Crippen molar-refractivity contribution < 1.29 is 24.2 Å². The summed E-state index contributed by atoms with van der Waals surface area (Å²) < 4.78 is 4.51. The Morgan fingerprint density at radius 2 is 1.95 bits per heavy atom. The van der Waals surface area contributed by atoms with Gasteiger partial charge in [-0.1, -0.05) is 13.8 Å². The number of methoxy groups -OCH3 is 1. The normalized spacial score (nSPS) is 23.6. The quantitative estimate of drug-likeness (QED) is 0.798. The molecule has 2 N–H and O–H groups in total. The number of carbonyl (C=O) groups is 3. The fourth-order valence-corrected chi connectivity index (χ4v) is 2.41. The standard InChI is InChI=1S/C13H22N2O5/c1-8(2)9(14-12(19)20-4)10(16)15-7-5-6-13(15,3)11(17)18/h8-9H,5-7H2,1-4H3,(H,14,19)(H,17,18). The van der Waals surface area contributed by atoms with E-state index >= 15 is 0 Å². The fraction of sp³-hybridized carbons (Fsp3) is 0.769. The smallest absolute Gasteiger partial charge is 0.407 e. The highest BCUT2D eigenvalue weighted by molar-refractivity contribution is 5.91. The number of hydrogen-bond donors (Lipinski definition) is 2. The van der Waals surface area contributed by atoms with E-state index in [1.165, 1.54) is 18.9 Å². The van der Waals surface area contributed by atoms with Gasteiger partial charge in [0.05, 0.1) is 7.11 Å². The van der Waals surface area contributed by atoms with Crippen molar-refractivity contribution in [2.45, 2.75) is 45.2 Å². The zero-order chi connectivity index (χ0) is 15.5. The van der Waals surface area contributed by atoms with E-state index in [2.05, 4.69) is 10.1 Å². The maximum atomic E-state index is 12.6. The van der Waals surface area contributed by atoms with Gasteiger partial charge in [0.25, 0.3) is 0 Å². The van der Waals surface area contributed by atoms with E-state index in [1.807, 2.05) is 0 Å². The van der Waals surface area contributed by atoms with Crippen LogP contribution in [-0.4, -0.2) is 53.2 Å². The SMILES string of the molecule is COC(=O)NC(C(=O)N1CCCC1(C)C(=O)O)C(C)C. The molecule has 0 aromatic rings. The maximum Gasteiger partial charge on any atom is 0.407 e. The minimum absolute atomic E-state index is 0.166. The molecule has 1 rings (SSSR count). The van der Waals surface area contributed by atoms with Gasteiger partial charge in [-0.15, -0.1) is 0 Å². The Hall–Kier alpha value is -1.79. The first-order valence-electron chi connectivity index (χ1n) is 6.63. The summed E-state index contributed by atoms with van der Waals surface area (Å²) in [5.74, 6) is -1.57. The number of nitrogens with zero attached hydrogens (tertiary/aromatic N) is 1. The zero-order valence-electron chi connectivity index (χ0n) is 12.3. The molecule has 0 aliphatic carbocycles. The minimum Gasteiger partial charge on any atom is -0.480 e. The molecule has 1 aliphatic heterocycles. The van der Waals surface area contributed by atoms with Crippen LogP contribution >= 0.6 is 0 Å². The van der Waals surface area contributed by atoms with Crippen LogP contribution in [-0.2, 0) is 14.3 Å². The topological polar surface area (TPSA) is 95.9 Å². The van der Waals surface area contributed by atoms with E-state index in [4.69, 9.17) is 0 Å². The van der Waals surface area contributed by atoms with Gasteiger partial charge in [0.15, 0.2) is 0 Å². The van der Waals surface area contributed by atoms with Crippen LogP contribution < -0.4 is 5.32 Å². The molecule has 2 unspecified atom stereocenters. The number of carboxylic acid groups (broad SMARTS) is 1. The molecule has 114 valence electrons. The lowest BCUT2D eigenvalue weighted by atomic mass is 9.96. The molecule has 1 saturated heterocycles. The highest BCUT2D eigenvalue weighted by Gasteiger charge is 2.48. The van der Waals surface area contributed by atoms with Crippen molar-refractivity contribution in [2.75, 3.05) is 13.7 Å². The maximum absolute atomic E-state index is 12.6. The molecule has 7 heteroatoms. The van der Waals surface area contributed by atoms with Crippen molar-refractivity contribution >= 4 is 18.0 Å². The first-order valence-corrected chi connectivity index (χ1v) is 6.63. The van der Waals surface area contributed by atoms with E-state index < -0.39 is 23.6 Å². The van der Waals surface area contributed by atoms with Gasteiger partial charge in [0.2, 0.25) is 5.91 Å². The van der Waals surface area contributed by atoms with Crippen molar-refractivity contribution in [3.63, 3.8) is 0 Å². The van der Waals surface area contributed by atoms with Gasteiger partial charge in [-0.25, -0.2) is 9.59 Å². The highest BCUT2D eigenvalue weighted by atomic mass is 16.5. The third-order valence-corrected chi connectivity index (χ3v) is 3.76. The third-order valence-electron chi connectivity index (χ3n) is 3.76. The summed E-state index contributed by atoms with van der Waals surface area (Å²) in [6, 6.07) is -0.792. The molecule has 0 spiro atoms. The molecular formula is C13H22N2O5. The highest BCUT2D eigenvalue weighted by Crippen LogP contribution is 2.30. The lowest BCUT2D eigenvalue weighted by Crippen LogP contribution is -2.58. The number of alkyl carbamates (subject to hydrolysis) is 1. The predicted molar refractivity (Wildman–Crippen MR) is 71.2 cm³/mol. The summed E-state index contributed by atoms with van der Waals surface area (Å²) in [7, 11) is 1.22. The summed E-state index contributed by atoms with van der Waals surface area (Å²) in [6.45, 7) is 5.49. The van der Waals surface area contributed by atoms with Gasteiger partial charge in [0.1, 0.15) is 11.6 Å². The average molecular weight is 286 g/mol. The van der Waals surface area contributed by atoms with Crippen molar-refractivity contribution in [1.29, 1.82) is 0 Å². The Morgan fingerprint density at radius 1 is 1.35 bits per heavy atom. The zero-order valence-corrected chi connectivity index (χ0v) is 12.3. The van der Waals surface area contributed by atoms with Gasteiger partial charge in [-0.3, -0.25) is 4.79 Å². The predicted octanol–water partition coefficient (Wildman–Crippen LogP) is 0.833. The Morgan fingerprint density at radius 3 is 2.40 bits per heavy atom. The van der Waals surface area contributed by atoms with Gasteiger partial charge >= 0.3 is 12.1 Å². The monoisotopic (exact) mass is 286 g/mol. The second kappa shape index (κ2) is 6.11. The molecule has 20 heavy (non-hydrogen) atoms. The molecule has 0 bridgehead atoms. The molecule has 7 nitrogen and oxygen atoms in total. The van der Waals surface area contributed by atoms with Crippen LogP contribution in [0.15, 0.2) is 0 Å². The van der Waals surface area contributed by atoms with E-state index in [0.717, 1.165) is 0 Å². The molecular weight excluding hydrogens is 264 g/mol. The number of rotatable bonds is 4. The molecule has 0 aromatic heterocycles. The van der Waals surface area contributed by atoms with Crippen LogP contribution in [0.1, 0.15) is 33.6 Å². The molecule has 0 aromatic carbocycles. The molecule has 0 radical (unpaired) electrons. The summed E-state index contributed by atoms with van der Waals surface area (Å²) in [6.07, 6.45) is 0.350. The Labute approximate surface area is 118 Å². The van der Waals surface area contributed by atoms with Crippen LogP contribution in [0.5, 0.6) is 0 Å². The molecule has 1 fully saturated rings. The van der Waals surface area contributed by atoms with Gasteiger partial charge in [-0.05, 0) is 25.7 Å². The van der Waals surface area contributed by atoms with E-state index in [1.54, 1.807) is 13.8 Å². The molecule has 1 aliphatic rings. The van der Waals surface area contributed by atoms with Crippen LogP contribution in [0.25, 0.3) is 0 Å². The second-order valence-corrected chi connectivity index (χ2v) is 5.53. The number of ether oxygens (including phenoxy) is 1. The van der Waals surface area contributed by atoms with Crippen molar-refractivity contribution in [1.82, 2.24) is 10.2 Å². The van der Waals surface area contributed by atoms with Crippen molar-refractivity contribution in [2.24, 2.45) is 5.92 Å². The van der Waals surface area contributed by atoms with E-state index in [-0.39, 0.29) is 11.8 Å². The van der Waals surface area contributed by atoms with Crippen molar-refractivity contribution in [3.8, 4) is 0 Å². The number of aliphatic carboxylic acids is 1. The minimum atomic E-state index is -1.21. The van der Waals surface area contributed by atoms with Crippen molar-refractivity contribution in [3.05, 3.63) is 0 Å².